The van der Waals surface area contributed by atoms with E-state index >= 15 is 0 Å². The quantitative estimate of drug-likeness (QED) is 0.653. The van der Waals surface area contributed by atoms with Gasteiger partial charge in [-0.1, -0.05) is 11.6 Å². The van der Waals surface area contributed by atoms with E-state index in [9.17, 15) is 9.59 Å². The fourth-order valence-corrected chi connectivity index (χ4v) is 2.15. The molecule has 0 bridgehead atoms. The molecule has 0 aliphatic carbocycles. The first-order valence-electron chi connectivity index (χ1n) is 10.0. The summed E-state index contributed by atoms with van der Waals surface area (Å²) in [6, 6.07) is 0. The van der Waals surface area contributed by atoms with Gasteiger partial charge < -0.3 is 24.8 Å². The normalized spacial score (nSPS) is 10.9. The van der Waals surface area contributed by atoms with Crippen molar-refractivity contribution in [3.05, 3.63) is 41.3 Å². The van der Waals surface area contributed by atoms with Crippen LogP contribution in [0.4, 0.5) is 9.59 Å². The van der Waals surface area contributed by atoms with Gasteiger partial charge in [0.2, 0.25) is 5.88 Å². The van der Waals surface area contributed by atoms with Crippen molar-refractivity contribution in [3.8, 4) is 5.88 Å². The number of nitrogens with zero attached hydrogens (tertiary/aromatic N) is 4. The number of alkyl carbamates (subject to hydrolysis) is 2. The van der Waals surface area contributed by atoms with Crippen molar-refractivity contribution in [3.63, 3.8) is 0 Å². The number of rotatable bonds is 5. The summed E-state index contributed by atoms with van der Waals surface area (Å²) in [7, 11) is 1.51. The lowest BCUT2D eigenvalue weighted by molar-refractivity contribution is 0.0511. The summed E-state index contributed by atoms with van der Waals surface area (Å²) in [6.45, 7) is 11.3. The topological polar surface area (TPSA) is 137 Å². The Bertz CT molecular complexity index is 915. The Hall–Kier alpha value is -3.21. The number of hydrogen-bond donors (Lipinski definition) is 2. The van der Waals surface area contributed by atoms with E-state index in [1.165, 1.54) is 25.7 Å². The van der Waals surface area contributed by atoms with Crippen LogP contribution in [0.15, 0.2) is 24.8 Å². The minimum absolute atomic E-state index is 0.239. The maximum Gasteiger partial charge on any atom is 0.407 e. The predicted molar refractivity (Wildman–Crippen MR) is 122 cm³/mol. The molecule has 2 aromatic rings. The molecule has 0 aliphatic rings. The number of methoxy groups -OCH3 is 1. The number of nitrogens with one attached hydrogen (secondary N) is 2. The highest BCUT2D eigenvalue weighted by Gasteiger charge is 2.16. The third kappa shape index (κ3) is 13.7. The lowest BCUT2D eigenvalue weighted by Gasteiger charge is -2.19. The van der Waals surface area contributed by atoms with Crippen LogP contribution in [-0.2, 0) is 22.6 Å². The summed E-state index contributed by atoms with van der Waals surface area (Å²) in [5.74, 6) is 0.411. The fourth-order valence-electron chi connectivity index (χ4n) is 1.99. The number of carbonyl (C=O) groups excluding carboxylic acids is 2. The first-order chi connectivity index (χ1) is 15.3. The molecule has 0 unspecified atom stereocenters. The standard InChI is InChI=1S/C11H17N3O3.C10H14ClN3O2/c1-11(2,3)17-10(15)13-6-8-5-12-7-9(14-8)16-4;1-10(2,3)16-9(15)13-5-7-4-12-6-8(11)14-7/h5,7H,6H2,1-4H3,(H,13,15);4,6H,5H2,1-3H3,(H,13,15). The molecule has 2 rings (SSSR count). The summed E-state index contributed by atoms with van der Waals surface area (Å²) in [4.78, 5) is 38.5. The average Bonchev–Trinajstić information content (AvgIpc) is 2.69. The molecule has 33 heavy (non-hydrogen) atoms. The van der Waals surface area contributed by atoms with Gasteiger partial charge in [-0.15, -0.1) is 0 Å². The number of carbonyl (C=O) groups is 2. The van der Waals surface area contributed by atoms with Gasteiger partial charge >= 0.3 is 12.2 Å². The molecule has 0 saturated heterocycles. The molecular weight excluding hydrogens is 452 g/mol. The highest BCUT2D eigenvalue weighted by molar-refractivity contribution is 6.29. The second kappa shape index (κ2) is 12.7. The van der Waals surface area contributed by atoms with Gasteiger partial charge in [-0.25, -0.2) is 19.6 Å². The van der Waals surface area contributed by atoms with E-state index < -0.39 is 23.4 Å². The molecule has 0 aliphatic heterocycles. The smallest absolute Gasteiger partial charge is 0.407 e. The molecule has 2 amide bonds. The highest BCUT2D eigenvalue weighted by atomic mass is 35.5. The first kappa shape index (κ1) is 27.8. The van der Waals surface area contributed by atoms with Crippen molar-refractivity contribution in [1.29, 1.82) is 0 Å². The number of hydrogen-bond acceptors (Lipinski definition) is 9. The molecule has 2 heterocycles. The van der Waals surface area contributed by atoms with E-state index in [1.54, 1.807) is 47.7 Å². The number of aromatic nitrogens is 4. The number of amides is 2. The summed E-state index contributed by atoms with van der Waals surface area (Å²) < 4.78 is 15.1. The van der Waals surface area contributed by atoms with Crippen molar-refractivity contribution in [2.75, 3.05) is 7.11 Å². The molecular formula is C21H31ClN6O5. The van der Waals surface area contributed by atoms with Crippen LogP contribution in [0.5, 0.6) is 5.88 Å². The van der Waals surface area contributed by atoms with Crippen molar-refractivity contribution in [2.45, 2.75) is 65.8 Å². The maximum absolute atomic E-state index is 11.4. The van der Waals surface area contributed by atoms with Crippen LogP contribution < -0.4 is 15.4 Å². The van der Waals surface area contributed by atoms with Crippen molar-refractivity contribution in [1.82, 2.24) is 30.6 Å². The van der Waals surface area contributed by atoms with Crippen LogP contribution in [0.2, 0.25) is 5.15 Å². The Kier molecular flexibility index (Phi) is 10.7. The van der Waals surface area contributed by atoms with Crippen LogP contribution >= 0.6 is 11.6 Å². The maximum atomic E-state index is 11.4. The van der Waals surface area contributed by atoms with Crippen LogP contribution in [0, 0.1) is 0 Å². The Morgan fingerprint density at radius 3 is 1.70 bits per heavy atom. The van der Waals surface area contributed by atoms with Gasteiger partial charge in [-0.3, -0.25) is 9.97 Å². The van der Waals surface area contributed by atoms with Gasteiger partial charge in [-0.05, 0) is 41.5 Å². The fraction of sp³-hybridized carbons (Fsp3) is 0.524. The van der Waals surface area contributed by atoms with E-state index in [0.717, 1.165) is 0 Å². The Balaban J connectivity index is 0.000000331. The molecule has 2 N–H and O–H groups in total. The summed E-state index contributed by atoms with van der Waals surface area (Å²) in [5, 5.41) is 5.44. The molecule has 2 aromatic heterocycles. The van der Waals surface area contributed by atoms with Crippen LogP contribution in [0.1, 0.15) is 52.9 Å². The zero-order valence-electron chi connectivity index (χ0n) is 19.9. The Morgan fingerprint density at radius 1 is 0.818 bits per heavy atom. The largest absolute Gasteiger partial charge is 0.480 e. The van der Waals surface area contributed by atoms with Crippen molar-refractivity contribution >= 4 is 23.8 Å². The minimum atomic E-state index is -0.510. The van der Waals surface area contributed by atoms with Crippen LogP contribution in [0.25, 0.3) is 0 Å². The molecule has 0 atom stereocenters. The molecule has 11 nitrogen and oxygen atoms in total. The van der Waals surface area contributed by atoms with E-state index in [0.29, 0.717) is 22.4 Å². The molecule has 182 valence electrons. The summed E-state index contributed by atoms with van der Waals surface area (Å²) in [5.41, 5.74) is 0.169. The van der Waals surface area contributed by atoms with Gasteiger partial charge in [0, 0.05) is 0 Å². The number of halogens is 1. The lowest BCUT2D eigenvalue weighted by Crippen LogP contribution is -2.32. The van der Waals surface area contributed by atoms with Gasteiger partial charge in [0.1, 0.15) is 16.4 Å². The van der Waals surface area contributed by atoms with Gasteiger partial charge in [0.25, 0.3) is 0 Å². The molecule has 12 heteroatoms. The molecule has 0 fully saturated rings. The van der Waals surface area contributed by atoms with Gasteiger partial charge in [0.15, 0.2) is 0 Å². The van der Waals surface area contributed by atoms with Crippen LogP contribution in [-0.4, -0.2) is 50.4 Å². The summed E-state index contributed by atoms with van der Waals surface area (Å²) in [6.07, 6.45) is 5.04. The van der Waals surface area contributed by atoms with E-state index in [1.807, 2.05) is 0 Å². The molecule has 0 spiro atoms. The third-order valence-corrected chi connectivity index (χ3v) is 3.33. The van der Waals surface area contributed by atoms with E-state index in [4.69, 9.17) is 25.8 Å². The van der Waals surface area contributed by atoms with Gasteiger partial charge in [0.05, 0.1) is 56.4 Å². The molecule has 0 saturated carbocycles. The lowest BCUT2D eigenvalue weighted by atomic mass is 10.2. The van der Waals surface area contributed by atoms with Crippen molar-refractivity contribution in [2.24, 2.45) is 0 Å². The average molecular weight is 483 g/mol. The first-order valence-corrected chi connectivity index (χ1v) is 10.4. The SMILES string of the molecule is CC(C)(C)OC(=O)NCc1cncc(Cl)n1.COc1cncc(CNC(=O)OC(C)(C)C)n1. The van der Waals surface area contributed by atoms with Gasteiger partial charge in [-0.2, -0.15) is 0 Å². The predicted octanol–water partition coefficient (Wildman–Crippen LogP) is 3.66. The Labute approximate surface area is 198 Å². The molecule has 0 radical (unpaired) electrons. The minimum Gasteiger partial charge on any atom is -0.480 e. The van der Waals surface area contributed by atoms with Crippen LogP contribution in [0.3, 0.4) is 0 Å². The second-order valence-electron chi connectivity index (χ2n) is 8.60. The summed E-state index contributed by atoms with van der Waals surface area (Å²) >= 11 is 5.65. The molecule has 0 aromatic carbocycles. The van der Waals surface area contributed by atoms with Crippen molar-refractivity contribution < 1.29 is 23.8 Å². The second-order valence-corrected chi connectivity index (χ2v) is 8.98. The number of ether oxygens (including phenoxy) is 3. The van der Waals surface area contributed by atoms with E-state index in [2.05, 4.69) is 30.6 Å². The Morgan fingerprint density at radius 2 is 1.27 bits per heavy atom. The zero-order chi connectivity index (χ0) is 25.1. The zero-order valence-corrected chi connectivity index (χ0v) is 20.7. The monoisotopic (exact) mass is 482 g/mol. The highest BCUT2D eigenvalue weighted by Crippen LogP contribution is 2.08. The van der Waals surface area contributed by atoms with E-state index in [-0.39, 0.29) is 13.1 Å². The third-order valence-electron chi connectivity index (χ3n) is 3.15.